The van der Waals surface area contributed by atoms with Gasteiger partial charge in [0.2, 0.25) is 5.91 Å². The number of hydrogen-bond acceptors (Lipinski definition) is 5. The summed E-state index contributed by atoms with van der Waals surface area (Å²) in [5.41, 5.74) is -3.53. The number of nitrogens with one attached hydrogen (secondary N) is 1. The number of rotatable bonds is 9. The van der Waals surface area contributed by atoms with Crippen molar-refractivity contribution < 1.29 is 40.3 Å². The maximum absolute atomic E-state index is 14.1. The summed E-state index contributed by atoms with van der Waals surface area (Å²) < 4.78 is 95.8. The zero-order valence-corrected chi connectivity index (χ0v) is 26.0. The summed E-state index contributed by atoms with van der Waals surface area (Å²) in [5, 5.41) is 3.35. The molecule has 1 aliphatic rings. The Hall–Kier alpha value is -4.00. The first-order valence-corrected chi connectivity index (χ1v) is 14.6. The number of aromatic nitrogens is 1. The van der Waals surface area contributed by atoms with E-state index in [1.54, 1.807) is 13.0 Å². The molecule has 248 valence electrons. The van der Waals surface area contributed by atoms with E-state index in [-0.39, 0.29) is 23.6 Å². The number of nitrogens with zero attached hydrogens (tertiary/aromatic N) is 3. The van der Waals surface area contributed by atoms with Gasteiger partial charge in [0, 0.05) is 44.7 Å². The Bertz CT molecular complexity index is 1590. The lowest BCUT2D eigenvalue weighted by atomic mass is 9.81. The van der Waals surface area contributed by atoms with Gasteiger partial charge in [0.1, 0.15) is 17.4 Å². The van der Waals surface area contributed by atoms with Gasteiger partial charge in [-0.25, -0.2) is 9.37 Å². The molecule has 0 saturated carbocycles. The smallest absolute Gasteiger partial charge is 0.355 e. The third-order valence-corrected chi connectivity index (χ3v) is 8.28. The topological polar surface area (TPSA) is 65.5 Å². The Labute approximate surface area is 262 Å². The van der Waals surface area contributed by atoms with Gasteiger partial charge in [0.05, 0.1) is 28.4 Å². The van der Waals surface area contributed by atoms with Crippen molar-refractivity contribution in [3.05, 3.63) is 76.7 Å². The van der Waals surface area contributed by atoms with E-state index in [9.17, 15) is 40.3 Å². The number of ketones is 1. The van der Waals surface area contributed by atoms with E-state index in [0.717, 1.165) is 11.3 Å². The Morgan fingerprint density at radius 2 is 1.57 bits per heavy atom. The summed E-state index contributed by atoms with van der Waals surface area (Å²) in [6.07, 6.45) is -7.54. The lowest BCUT2D eigenvalue weighted by Gasteiger charge is -2.32. The SMILES string of the molecule is CC(=O)CCN[C@H]1CCN(c2cc(-c3ccc(F)cc3C)c(N(C)C(=O)C(C)(C)c3cc(C(F)(F)F)cc(C(F)(F)F)c3)cn2)C1. The van der Waals surface area contributed by atoms with Crippen molar-refractivity contribution in [2.24, 2.45) is 0 Å². The number of likely N-dealkylation sites (N-methyl/N-ethyl adjacent to an activating group) is 1. The van der Waals surface area contributed by atoms with Gasteiger partial charge in [0.25, 0.3) is 0 Å². The van der Waals surface area contributed by atoms with Crippen LogP contribution in [0.25, 0.3) is 11.1 Å². The van der Waals surface area contributed by atoms with Crippen molar-refractivity contribution in [3.8, 4) is 11.1 Å². The van der Waals surface area contributed by atoms with Crippen molar-refractivity contribution in [1.82, 2.24) is 10.3 Å². The largest absolute Gasteiger partial charge is 0.416 e. The van der Waals surface area contributed by atoms with Crippen LogP contribution in [-0.4, -0.2) is 49.4 Å². The Kier molecular flexibility index (Phi) is 9.86. The third-order valence-electron chi connectivity index (χ3n) is 8.28. The van der Waals surface area contributed by atoms with Gasteiger partial charge in [-0.15, -0.1) is 0 Å². The van der Waals surface area contributed by atoms with Crippen LogP contribution in [0.3, 0.4) is 0 Å². The number of benzene rings is 2. The first-order valence-electron chi connectivity index (χ1n) is 14.6. The van der Waals surface area contributed by atoms with Crippen molar-refractivity contribution in [2.45, 2.75) is 64.3 Å². The Balaban J connectivity index is 1.74. The van der Waals surface area contributed by atoms with Crippen LogP contribution >= 0.6 is 0 Å². The average Bonchev–Trinajstić information content (AvgIpc) is 3.43. The third kappa shape index (κ3) is 7.68. The summed E-state index contributed by atoms with van der Waals surface area (Å²) in [6, 6.07) is 7.08. The van der Waals surface area contributed by atoms with Crippen LogP contribution in [0.1, 0.15) is 55.9 Å². The Morgan fingerprint density at radius 3 is 2.13 bits per heavy atom. The lowest BCUT2D eigenvalue weighted by Crippen LogP contribution is -2.42. The molecular formula is C33H35F7N4O2. The monoisotopic (exact) mass is 652 g/mol. The van der Waals surface area contributed by atoms with Crippen molar-refractivity contribution in [2.75, 3.05) is 36.5 Å². The van der Waals surface area contributed by atoms with Crippen LogP contribution in [0.15, 0.2) is 48.7 Å². The van der Waals surface area contributed by atoms with E-state index in [4.69, 9.17) is 0 Å². The van der Waals surface area contributed by atoms with E-state index in [1.165, 1.54) is 52.2 Å². The van der Waals surface area contributed by atoms with Crippen molar-refractivity contribution >= 4 is 23.2 Å². The molecule has 3 aromatic rings. The highest BCUT2D eigenvalue weighted by Gasteiger charge is 2.41. The molecule has 4 rings (SSSR count). The van der Waals surface area contributed by atoms with E-state index in [1.807, 2.05) is 4.90 Å². The normalized spacial score (nSPS) is 15.7. The lowest BCUT2D eigenvalue weighted by molar-refractivity contribution is -0.143. The first-order chi connectivity index (χ1) is 21.3. The van der Waals surface area contributed by atoms with Gasteiger partial charge in [-0.2, -0.15) is 26.3 Å². The molecule has 6 nitrogen and oxygen atoms in total. The summed E-state index contributed by atoms with van der Waals surface area (Å²) >= 11 is 0. The molecule has 0 spiro atoms. The number of Topliss-reactive ketones (excluding diaryl/α,β-unsaturated/α-hetero) is 1. The maximum Gasteiger partial charge on any atom is 0.416 e. The van der Waals surface area contributed by atoms with Gasteiger partial charge < -0.3 is 15.1 Å². The van der Waals surface area contributed by atoms with Gasteiger partial charge in [0.15, 0.2) is 0 Å². The number of alkyl halides is 6. The van der Waals surface area contributed by atoms with Gasteiger partial charge >= 0.3 is 12.4 Å². The minimum Gasteiger partial charge on any atom is -0.355 e. The van der Waals surface area contributed by atoms with Crippen molar-refractivity contribution in [1.29, 1.82) is 0 Å². The molecule has 0 bridgehead atoms. The first kappa shape index (κ1) is 34.9. The van der Waals surface area contributed by atoms with Crippen LogP contribution in [0.2, 0.25) is 0 Å². The van der Waals surface area contributed by atoms with Gasteiger partial charge in [-0.05, 0) is 87.2 Å². The fourth-order valence-electron chi connectivity index (χ4n) is 5.58. The quantitative estimate of drug-likeness (QED) is 0.246. The van der Waals surface area contributed by atoms with E-state index >= 15 is 0 Å². The van der Waals surface area contributed by atoms with Crippen LogP contribution in [-0.2, 0) is 27.4 Å². The highest BCUT2D eigenvalue weighted by atomic mass is 19.4. The molecule has 13 heteroatoms. The van der Waals surface area contributed by atoms with E-state index < -0.39 is 46.2 Å². The van der Waals surface area contributed by atoms with Crippen LogP contribution < -0.4 is 15.1 Å². The van der Waals surface area contributed by atoms with Crippen LogP contribution in [0, 0.1) is 12.7 Å². The number of carbonyl (C=O) groups excluding carboxylic acids is 2. The number of pyridine rings is 1. The second kappa shape index (κ2) is 13.0. The van der Waals surface area contributed by atoms with Crippen LogP contribution in [0.4, 0.5) is 42.2 Å². The number of carbonyl (C=O) groups is 2. The molecule has 46 heavy (non-hydrogen) atoms. The minimum atomic E-state index is -5.08. The van der Waals surface area contributed by atoms with Gasteiger partial charge in [-0.3, -0.25) is 9.59 Å². The molecule has 1 atom stereocenters. The fourth-order valence-corrected chi connectivity index (χ4v) is 5.58. The zero-order chi connectivity index (χ0) is 34.2. The Morgan fingerprint density at radius 1 is 0.957 bits per heavy atom. The highest BCUT2D eigenvalue weighted by molar-refractivity contribution is 6.03. The molecule has 1 N–H and O–H groups in total. The standard InChI is InChI=1S/C33H35F7N4O2/c1-19-12-24(34)6-7-26(19)27-16-29(44-11-9-25(18-44)41-10-8-20(2)45)42-17-28(27)43(5)30(46)31(3,4)21-13-22(32(35,36)37)15-23(14-21)33(38,39)40/h6-7,12-17,25,41H,8-11,18H2,1-5H3/t25-/m0/s1. The maximum atomic E-state index is 14.1. The predicted molar refractivity (Wildman–Crippen MR) is 161 cm³/mol. The number of aryl methyl sites for hydroxylation is 1. The second-order valence-corrected chi connectivity index (χ2v) is 12.1. The van der Waals surface area contributed by atoms with Crippen LogP contribution in [0.5, 0.6) is 0 Å². The fraction of sp³-hybridized carbons (Fsp3) is 0.424. The summed E-state index contributed by atoms with van der Waals surface area (Å²) in [5.74, 6) is -0.626. The molecule has 1 saturated heterocycles. The number of hydrogen-bond donors (Lipinski definition) is 1. The van der Waals surface area contributed by atoms with E-state index in [0.29, 0.717) is 60.7 Å². The van der Waals surface area contributed by atoms with Crippen molar-refractivity contribution in [3.63, 3.8) is 0 Å². The highest BCUT2D eigenvalue weighted by Crippen LogP contribution is 2.41. The molecule has 2 heterocycles. The summed E-state index contributed by atoms with van der Waals surface area (Å²) in [6.45, 7) is 7.50. The molecule has 1 aromatic heterocycles. The second-order valence-electron chi connectivity index (χ2n) is 12.1. The molecule has 0 radical (unpaired) electrons. The molecular weight excluding hydrogens is 617 g/mol. The molecule has 1 fully saturated rings. The molecule has 2 aromatic carbocycles. The number of halogens is 7. The van der Waals surface area contributed by atoms with E-state index in [2.05, 4.69) is 10.3 Å². The summed E-state index contributed by atoms with van der Waals surface area (Å²) in [7, 11) is 1.37. The summed E-state index contributed by atoms with van der Waals surface area (Å²) in [4.78, 5) is 33.0. The van der Waals surface area contributed by atoms with Gasteiger partial charge in [-0.1, -0.05) is 6.07 Å². The molecule has 1 amide bonds. The molecule has 0 aliphatic carbocycles. The predicted octanol–water partition coefficient (Wildman–Crippen LogP) is 7.32. The minimum absolute atomic E-state index is 0.0214. The number of anilines is 2. The molecule has 1 aliphatic heterocycles. The molecule has 0 unspecified atom stereocenters. The average molecular weight is 653 g/mol. The zero-order valence-electron chi connectivity index (χ0n) is 26.0. The number of amides is 1.